The number of nitrogens with one attached hydrogen (secondary N) is 1. The molecule has 1 aromatic rings. The highest BCUT2D eigenvalue weighted by molar-refractivity contribution is 6.35. The number of fused-ring (bicyclic) bond motifs is 5. The van der Waals surface area contributed by atoms with Crippen molar-refractivity contribution >= 4 is 35.3 Å². The number of ether oxygens (including phenoxy) is 5. The molecular formula is C31H42ClN3O9. The Labute approximate surface area is 262 Å². The topological polar surface area (TPSA) is 162 Å². The minimum Gasteiger partial charge on any atom is -0.495 e. The van der Waals surface area contributed by atoms with Crippen molar-refractivity contribution in [2.75, 3.05) is 26.2 Å². The van der Waals surface area contributed by atoms with E-state index in [1.807, 2.05) is 19.9 Å². The number of nitrogens with zero attached hydrogens (tertiary/aromatic N) is 1. The molecule has 0 radical (unpaired) electrons. The van der Waals surface area contributed by atoms with E-state index in [4.69, 9.17) is 41.0 Å². The number of nitrogens with two attached hydrogens (primary N) is 1. The number of amides is 2. The lowest BCUT2D eigenvalue weighted by Gasteiger charge is -2.42. The summed E-state index contributed by atoms with van der Waals surface area (Å²) in [5.74, 6) is -1.17. The number of hydrogen-bond donors (Lipinski definition) is 3. The van der Waals surface area contributed by atoms with Gasteiger partial charge in [0.2, 0.25) is 5.91 Å². The molecule has 2 amide bonds. The number of benzene rings is 1. The van der Waals surface area contributed by atoms with E-state index in [0.29, 0.717) is 17.9 Å². The molecule has 0 aromatic heterocycles. The normalized spacial score (nSPS) is 35.3. The van der Waals surface area contributed by atoms with Crippen molar-refractivity contribution < 1.29 is 43.2 Å². The zero-order valence-corrected chi connectivity index (χ0v) is 26.8. The number of esters is 1. The third-order valence-electron chi connectivity index (χ3n) is 8.58. The number of carbonyl (C=O) groups is 3. The van der Waals surface area contributed by atoms with Crippen molar-refractivity contribution in [1.29, 1.82) is 0 Å². The lowest BCUT2D eigenvalue weighted by molar-refractivity contribution is -0.155. The van der Waals surface area contributed by atoms with Crippen LogP contribution in [0, 0.1) is 5.92 Å². The summed E-state index contributed by atoms with van der Waals surface area (Å²) in [5.41, 5.74) is 5.09. The van der Waals surface area contributed by atoms with Crippen LogP contribution in [-0.4, -0.2) is 86.1 Å². The second kappa shape index (κ2) is 13.1. The van der Waals surface area contributed by atoms with Gasteiger partial charge >= 0.3 is 12.1 Å². The first kappa shape index (κ1) is 33.7. The predicted molar refractivity (Wildman–Crippen MR) is 162 cm³/mol. The summed E-state index contributed by atoms with van der Waals surface area (Å²) in [6, 6.07) is 2.66. The number of aliphatic hydroxyl groups is 1. The fourth-order valence-corrected chi connectivity index (χ4v) is 6.17. The number of anilines is 1. The van der Waals surface area contributed by atoms with Crippen LogP contribution in [0.5, 0.6) is 5.75 Å². The molecule has 0 spiro atoms. The molecule has 2 fully saturated rings. The minimum atomic E-state index is -1.78. The first-order valence-corrected chi connectivity index (χ1v) is 14.9. The van der Waals surface area contributed by atoms with Gasteiger partial charge in [0, 0.05) is 26.5 Å². The van der Waals surface area contributed by atoms with Gasteiger partial charge in [-0.2, -0.15) is 0 Å². The van der Waals surface area contributed by atoms with Gasteiger partial charge in [-0.05, 0) is 44.9 Å². The van der Waals surface area contributed by atoms with Crippen molar-refractivity contribution in [3.05, 3.63) is 46.5 Å². The number of allylic oxidation sites excluding steroid dienone is 3. The van der Waals surface area contributed by atoms with Gasteiger partial charge in [-0.3, -0.25) is 14.9 Å². The molecule has 12 nitrogen and oxygen atoms in total. The lowest BCUT2D eigenvalue weighted by atomic mass is 9.83. The van der Waals surface area contributed by atoms with Crippen LogP contribution < -0.4 is 20.7 Å². The van der Waals surface area contributed by atoms with E-state index in [1.165, 1.54) is 26.0 Å². The maximum absolute atomic E-state index is 13.8. The van der Waals surface area contributed by atoms with Crippen molar-refractivity contribution in [3.63, 3.8) is 0 Å². The van der Waals surface area contributed by atoms with E-state index in [0.717, 1.165) is 11.1 Å². The zero-order valence-electron chi connectivity index (χ0n) is 26.1. The lowest BCUT2D eigenvalue weighted by Crippen LogP contribution is -2.63. The molecule has 3 aliphatic rings. The average molecular weight is 636 g/mol. The monoisotopic (exact) mass is 635 g/mol. The molecule has 8 atom stereocenters. The maximum Gasteiger partial charge on any atom is 0.409 e. The van der Waals surface area contributed by atoms with Gasteiger partial charge in [-0.25, -0.2) is 4.79 Å². The van der Waals surface area contributed by atoms with E-state index in [-0.39, 0.29) is 17.9 Å². The summed E-state index contributed by atoms with van der Waals surface area (Å²) in [6.45, 7) is 6.95. The SMILES string of the molecule is COc1cc2cc(c1Cl)N(C)C(=O)C[C@H](OC(=O)[C@H](C)N)[C@]1(C)O[C@@H]1[C@@H](C)[C@@H]1C[C@@](O)(NC(=O)O1)[C@H](OC)/C=C/C=C(\C)C2. The second-order valence-corrected chi connectivity index (χ2v) is 12.4. The number of hydrogen-bond acceptors (Lipinski definition) is 10. The Balaban J connectivity index is 1.80. The van der Waals surface area contributed by atoms with Crippen LogP contribution in [-0.2, 0) is 35.0 Å². The number of epoxide rings is 1. The van der Waals surface area contributed by atoms with E-state index in [1.54, 1.807) is 38.3 Å². The van der Waals surface area contributed by atoms with Crippen LogP contribution >= 0.6 is 11.6 Å². The molecule has 3 heterocycles. The molecule has 242 valence electrons. The van der Waals surface area contributed by atoms with Crippen LogP contribution in [0.15, 0.2) is 35.9 Å². The van der Waals surface area contributed by atoms with Crippen molar-refractivity contribution in [2.24, 2.45) is 11.7 Å². The standard InChI is InChI=1S/C31H42ClN3O9/c1-16-9-8-10-23(41-7)31(39)15-22(42-29(38)34-31)17(2)27-30(4,44-27)24(43-28(37)18(3)33)14-25(36)35(5)20-12-19(11-16)13-21(40-6)26(20)32/h8-10,12-13,17-18,22-24,27,39H,11,14-15,33H2,1-7H3,(H,34,38)/b10-8+,16-9+/t17-,18-,22-,23+,24-,27+,30-,31-/m0/s1. The first-order valence-electron chi connectivity index (χ1n) is 14.5. The molecule has 1 aromatic carbocycles. The van der Waals surface area contributed by atoms with Crippen molar-refractivity contribution in [3.8, 4) is 5.75 Å². The van der Waals surface area contributed by atoms with Gasteiger partial charge < -0.3 is 39.4 Å². The summed E-state index contributed by atoms with van der Waals surface area (Å²) >= 11 is 6.67. The molecule has 3 aliphatic heterocycles. The Bertz CT molecular complexity index is 1350. The summed E-state index contributed by atoms with van der Waals surface area (Å²) < 4.78 is 28.6. The second-order valence-electron chi connectivity index (χ2n) is 12.0. The zero-order chi connectivity index (χ0) is 32.6. The molecule has 4 N–H and O–H groups in total. The number of methoxy groups -OCH3 is 2. The van der Waals surface area contributed by atoms with Gasteiger partial charge in [0.15, 0.2) is 5.72 Å². The maximum atomic E-state index is 13.8. The first-order chi connectivity index (χ1) is 20.6. The van der Waals surface area contributed by atoms with Gasteiger partial charge in [-0.1, -0.05) is 42.3 Å². The van der Waals surface area contributed by atoms with Gasteiger partial charge in [0.05, 0.1) is 25.3 Å². The number of rotatable bonds is 4. The van der Waals surface area contributed by atoms with E-state index in [2.05, 4.69) is 5.32 Å². The molecule has 2 saturated heterocycles. The average Bonchev–Trinajstić information content (AvgIpc) is 3.66. The summed E-state index contributed by atoms with van der Waals surface area (Å²) in [7, 11) is 4.52. The van der Waals surface area contributed by atoms with Crippen LogP contribution in [0.4, 0.5) is 10.5 Å². The summed E-state index contributed by atoms with van der Waals surface area (Å²) in [5, 5.41) is 14.3. The predicted octanol–water partition coefficient (Wildman–Crippen LogP) is 3.01. The quantitative estimate of drug-likeness (QED) is 0.331. The highest BCUT2D eigenvalue weighted by atomic mass is 35.5. The summed E-state index contributed by atoms with van der Waals surface area (Å²) in [4.78, 5) is 40.5. The molecule has 4 bridgehead atoms. The highest BCUT2D eigenvalue weighted by Gasteiger charge is 2.64. The molecule has 0 unspecified atom stereocenters. The Morgan fingerprint density at radius 1 is 1.30 bits per heavy atom. The molecule has 4 rings (SSSR count). The molecule has 0 saturated carbocycles. The van der Waals surface area contributed by atoms with Crippen LogP contribution in [0.1, 0.15) is 46.1 Å². The Kier molecular flexibility index (Phi) is 10.0. The van der Waals surface area contributed by atoms with Crippen LogP contribution in [0.3, 0.4) is 0 Å². The van der Waals surface area contributed by atoms with Crippen molar-refractivity contribution in [2.45, 2.75) is 88.7 Å². The molecular weight excluding hydrogens is 594 g/mol. The van der Waals surface area contributed by atoms with E-state index < -0.39 is 65.7 Å². The van der Waals surface area contributed by atoms with Crippen LogP contribution in [0.2, 0.25) is 5.02 Å². The van der Waals surface area contributed by atoms with Gasteiger partial charge in [-0.15, -0.1) is 0 Å². The largest absolute Gasteiger partial charge is 0.495 e. The van der Waals surface area contributed by atoms with E-state index >= 15 is 0 Å². The third kappa shape index (κ3) is 6.89. The third-order valence-corrected chi connectivity index (χ3v) is 8.96. The molecule has 13 heteroatoms. The fourth-order valence-electron chi connectivity index (χ4n) is 5.85. The molecule has 44 heavy (non-hydrogen) atoms. The Morgan fingerprint density at radius 3 is 2.64 bits per heavy atom. The smallest absolute Gasteiger partial charge is 0.409 e. The number of carbonyl (C=O) groups excluding carboxylic acids is 3. The van der Waals surface area contributed by atoms with Crippen molar-refractivity contribution in [1.82, 2.24) is 5.32 Å². The number of halogens is 1. The molecule has 0 aliphatic carbocycles. The Hall–Kier alpha value is -3.16. The highest BCUT2D eigenvalue weighted by Crippen LogP contribution is 2.49. The Morgan fingerprint density at radius 2 is 2.00 bits per heavy atom. The minimum absolute atomic E-state index is 0.0164. The van der Waals surface area contributed by atoms with Crippen LogP contribution in [0.25, 0.3) is 0 Å². The van der Waals surface area contributed by atoms with E-state index in [9.17, 15) is 19.5 Å². The van der Waals surface area contributed by atoms with Gasteiger partial charge in [0.25, 0.3) is 0 Å². The summed E-state index contributed by atoms with van der Waals surface area (Å²) in [6.07, 6.45) is 1.35. The van der Waals surface area contributed by atoms with Gasteiger partial charge in [0.1, 0.15) is 40.7 Å². The number of alkyl carbamates (subject to hydrolysis) is 1. The fraction of sp³-hybridized carbons (Fsp3) is 0.581.